The highest BCUT2D eigenvalue weighted by Crippen LogP contribution is 2.29. The number of rotatable bonds is 6. The fourth-order valence-corrected chi connectivity index (χ4v) is 3.57. The van der Waals surface area contributed by atoms with Gasteiger partial charge in [0, 0.05) is 12.1 Å². The van der Waals surface area contributed by atoms with Crippen LogP contribution < -0.4 is 10.1 Å². The number of methoxy groups -OCH3 is 1. The first-order chi connectivity index (χ1) is 12.2. The first kappa shape index (κ1) is 17.5. The molecule has 1 aliphatic carbocycles. The summed E-state index contributed by atoms with van der Waals surface area (Å²) in [6.07, 6.45) is 3.24. The van der Waals surface area contributed by atoms with Gasteiger partial charge in [0.2, 0.25) is 5.91 Å². The van der Waals surface area contributed by atoms with E-state index >= 15 is 0 Å². The standard InChI is InChI=1S/C21H26N2O2/c1-23(14-17-9-4-6-13-20(17)25-2)15-21(24)22-19-12-7-10-16-8-3-5-11-18(16)19/h3-6,8-9,11,13,19H,7,10,12,14-15H2,1-2H3,(H,22,24)/t19-/m1/s1. The molecule has 4 heteroatoms. The number of ether oxygens (including phenoxy) is 1. The SMILES string of the molecule is COc1ccccc1CN(C)CC(=O)N[C@@H]1CCCc2ccccc21. The van der Waals surface area contributed by atoms with Crippen LogP contribution in [0.1, 0.15) is 35.6 Å². The van der Waals surface area contributed by atoms with Gasteiger partial charge in [-0.05, 0) is 43.5 Å². The molecule has 2 aromatic rings. The quantitative estimate of drug-likeness (QED) is 0.878. The minimum absolute atomic E-state index is 0.0686. The number of hydrogen-bond donors (Lipinski definition) is 1. The number of benzene rings is 2. The van der Waals surface area contributed by atoms with Crippen LogP contribution in [0.15, 0.2) is 48.5 Å². The molecule has 0 saturated heterocycles. The second-order valence-electron chi connectivity index (χ2n) is 6.70. The molecule has 0 aromatic heterocycles. The Kier molecular flexibility index (Phi) is 5.71. The molecule has 0 radical (unpaired) electrons. The Morgan fingerprint density at radius 3 is 2.80 bits per heavy atom. The molecular formula is C21H26N2O2. The van der Waals surface area contributed by atoms with E-state index in [1.165, 1.54) is 11.1 Å². The molecule has 1 aliphatic rings. The fraction of sp³-hybridized carbons (Fsp3) is 0.381. The molecule has 4 nitrogen and oxygen atoms in total. The van der Waals surface area contributed by atoms with E-state index in [1.807, 2.05) is 36.2 Å². The molecule has 3 rings (SSSR count). The zero-order valence-corrected chi connectivity index (χ0v) is 15.0. The first-order valence-electron chi connectivity index (χ1n) is 8.85. The predicted octanol–water partition coefficient (Wildman–Crippen LogP) is 3.32. The molecular weight excluding hydrogens is 312 g/mol. The lowest BCUT2D eigenvalue weighted by Crippen LogP contribution is -2.38. The third-order valence-corrected chi connectivity index (χ3v) is 4.75. The van der Waals surface area contributed by atoms with Crippen LogP contribution >= 0.6 is 0 Å². The van der Waals surface area contributed by atoms with Crippen molar-refractivity contribution in [2.45, 2.75) is 31.8 Å². The van der Waals surface area contributed by atoms with Gasteiger partial charge < -0.3 is 10.1 Å². The molecule has 1 N–H and O–H groups in total. The summed E-state index contributed by atoms with van der Waals surface area (Å²) in [6, 6.07) is 16.5. The Hall–Kier alpha value is -2.33. The third-order valence-electron chi connectivity index (χ3n) is 4.75. The van der Waals surface area contributed by atoms with E-state index < -0.39 is 0 Å². The minimum atomic E-state index is 0.0686. The van der Waals surface area contributed by atoms with E-state index in [4.69, 9.17) is 4.74 Å². The third kappa shape index (κ3) is 4.40. The Morgan fingerprint density at radius 2 is 1.96 bits per heavy atom. The van der Waals surface area contributed by atoms with Crippen molar-refractivity contribution < 1.29 is 9.53 Å². The summed E-state index contributed by atoms with van der Waals surface area (Å²) in [5.41, 5.74) is 3.72. The van der Waals surface area contributed by atoms with Gasteiger partial charge in [-0.25, -0.2) is 0 Å². The Labute approximate surface area is 149 Å². The van der Waals surface area contributed by atoms with Crippen LogP contribution in [0.4, 0.5) is 0 Å². The number of nitrogens with zero attached hydrogens (tertiary/aromatic N) is 1. The van der Waals surface area contributed by atoms with Crippen LogP contribution in [0.2, 0.25) is 0 Å². The maximum atomic E-state index is 12.5. The number of carbonyl (C=O) groups excluding carboxylic acids is 1. The molecule has 25 heavy (non-hydrogen) atoms. The van der Waals surface area contributed by atoms with Gasteiger partial charge in [0.1, 0.15) is 5.75 Å². The lowest BCUT2D eigenvalue weighted by atomic mass is 9.88. The van der Waals surface area contributed by atoms with Gasteiger partial charge in [-0.15, -0.1) is 0 Å². The summed E-state index contributed by atoms with van der Waals surface area (Å²) in [5.74, 6) is 0.926. The van der Waals surface area contributed by atoms with Crippen molar-refractivity contribution in [1.29, 1.82) is 0 Å². The molecule has 0 saturated carbocycles. The molecule has 0 unspecified atom stereocenters. The Morgan fingerprint density at radius 1 is 1.20 bits per heavy atom. The maximum Gasteiger partial charge on any atom is 0.234 e. The summed E-state index contributed by atoms with van der Waals surface area (Å²) in [4.78, 5) is 14.5. The van der Waals surface area contributed by atoms with E-state index in [2.05, 4.69) is 29.6 Å². The van der Waals surface area contributed by atoms with Crippen molar-refractivity contribution in [2.24, 2.45) is 0 Å². The zero-order chi connectivity index (χ0) is 17.6. The van der Waals surface area contributed by atoms with Crippen molar-refractivity contribution in [3.63, 3.8) is 0 Å². The normalized spacial score (nSPS) is 16.4. The van der Waals surface area contributed by atoms with Crippen LogP contribution in [-0.2, 0) is 17.8 Å². The van der Waals surface area contributed by atoms with E-state index in [-0.39, 0.29) is 11.9 Å². The van der Waals surface area contributed by atoms with Gasteiger partial charge in [0.15, 0.2) is 0 Å². The number of amides is 1. The summed E-state index contributed by atoms with van der Waals surface area (Å²) in [7, 11) is 3.63. The predicted molar refractivity (Wildman–Crippen MR) is 99.6 cm³/mol. The molecule has 0 fully saturated rings. The minimum Gasteiger partial charge on any atom is -0.496 e. The van der Waals surface area contributed by atoms with Crippen LogP contribution in [0, 0.1) is 0 Å². The average molecular weight is 338 g/mol. The monoisotopic (exact) mass is 338 g/mol. The van der Waals surface area contributed by atoms with Gasteiger partial charge >= 0.3 is 0 Å². The van der Waals surface area contributed by atoms with E-state index in [0.29, 0.717) is 13.1 Å². The van der Waals surface area contributed by atoms with E-state index in [1.54, 1.807) is 7.11 Å². The number of fused-ring (bicyclic) bond motifs is 1. The fourth-order valence-electron chi connectivity index (χ4n) is 3.57. The number of nitrogens with one attached hydrogen (secondary N) is 1. The average Bonchev–Trinajstić information content (AvgIpc) is 2.62. The Balaban J connectivity index is 1.58. The molecule has 0 heterocycles. The molecule has 0 spiro atoms. The highest BCUT2D eigenvalue weighted by Gasteiger charge is 2.21. The number of carbonyl (C=O) groups is 1. The first-order valence-corrected chi connectivity index (χ1v) is 8.85. The summed E-state index contributed by atoms with van der Waals surface area (Å²) in [5, 5.41) is 3.21. The highest BCUT2D eigenvalue weighted by atomic mass is 16.5. The van der Waals surface area contributed by atoms with Gasteiger partial charge in [-0.1, -0.05) is 42.5 Å². The van der Waals surface area contributed by atoms with Crippen LogP contribution in [0.5, 0.6) is 5.75 Å². The molecule has 0 bridgehead atoms. The van der Waals surface area contributed by atoms with Crippen LogP contribution in [0.25, 0.3) is 0 Å². The molecule has 1 amide bonds. The largest absolute Gasteiger partial charge is 0.496 e. The number of hydrogen-bond acceptors (Lipinski definition) is 3. The van der Waals surface area contributed by atoms with Gasteiger partial charge in [0.25, 0.3) is 0 Å². The van der Waals surface area contributed by atoms with E-state index in [0.717, 1.165) is 30.6 Å². The summed E-state index contributed by atoms with van der Waals surface area (Å²) >= 11 is 0. The van der Waals surface area contributed by atoms with Crippen molar-refractivity contribution in [3.8, 4) is 5.75 Å². The number of aryl methyl sites for hydroxylation is 1. The zero-order valence-electron chi connectivity index (χ0n) is 15.0. The second kappa shape index (κ2) is 8.17. The van der Waals surface area contributed by atoms with Gasteiger partial charge in [0.05, 0.1) is 19.7 Å². The highest BCUT2D eigenvalue weighted by molar-refractivity contribution is 5.78. The summed E-state index contributed by atoms with van der Waals surface area (Å²) < 4.78 is 5.38. The van der Waals surface area contributed by atoms with Crippen LogP contribution in [-0.4, -0.2) is 31.5 Å². The molecule has 2 aromatic carbocycles. The molecule has 132 valence electrons. The van der Waals surface area contributed by atoms with Crippen molar-refractivity contribution in [2.75, 3.05) is 20.7 Å². The number of likely N-dealkylation sites (N-methyl/N-ethyl adjacent to an activating group) is 1. The Bertz CT molecular complexity index is 729. The second-order valence-corrected chi connectivity index (χ2v) is 6.70. The lowest BCUT2D eigenvalue weighted by molar-refractivity contribution is -0.122. The van der Waals surface area contributed by atoms with Crippen molar-refractivity contribution in [3.05, 3.63) is 65.2 Å². The van der Waals surface area contributed by atoms with Gasteiger partial charge in [-0.3, -0.25) is 9.69 Å². The van der Waals surface area contributed by atoms with Crippen LogP contribution in [0.3, 0.4) is 0 Å². The summed E-state index contributed by atoms with van der Waals surface area (Å²) in [6.45, 7) is 1.05. The maximum absolute atomic E-state index is 12.5. The van der Waals surface area contributed by atoms with Gasteiger partial charge in [-0.2, -0.15) is 0 Å². The number of para-hydroxylation sites is 1. The van der Waals surface area contributed by atoms with E-state index in [9.17, 15) is 4.79 Å². The lowest BCUT2D eigenvalue weighted by Gasteiger charge is -2.27. The molecule has 0 aliphatic heterocycles. The van der Waals surface area contributed by atoms with Crippen molar-refractivity contribution in [1.82, 2.24) is 10.2 Å². The molecule has 1 atom stereocenters. The van der Waals surface area contributed by atoms with Crippen molar-refractivity contribution >= 4 is 5.91 Å². The smallest absolute Gasteiger partial charge is 0.234 e. The topological polar surface area (TPSA) is 41.6 Å².